The third-order valence-corrected chi connectivity index (χ3v) is 5.20. The first-order valence-electron chi connectivity index (χ1n) is 9.51. The van der Waals surface area contributed by atoms with Crippen LogP contribution in [0.5, 0.6) is 0 Å². The highest BCUT2D eigenvalue weighted by atomic mass is 16.1. The number of amides is 1. The van der Waals surface area contributed by atoms with Gasteiger partial charge in [-0.05, 0) is 48.6 Å². The number of carbonyl (C=O) groups excluding carboxylic acids is 1. The van der Waals surface area contributed by atoms with E-state index in [-0.39, 0.29) is 17.9 Å². The summed E-state index contributed by atoms with van der Waals surface area (Å²) in [5.74, 6) is 0.123. The van der Waals surface area contributed by atoms with Crippen LogP contribution in [0.1, 0.15) is 53.1 Å². The molecule has 1 amide bonds. The van der Waals surface area contributed by atoms with Gasteiger partial charge in [0.1, 0.15) is 0 Å². The molecule has 0 radical (unpaired) electrons. The van der Waals surface area contributed by atoms with E-state index in [4.69, 9.17) is 0 Å². The van der Waals surface area contributed by atoms with E-state index in [1.54, 1.807) is 0 Å². The Hall–Kier alpha value is -2.87. The van der Waals surface area contributed by atoms with Crippen molar-refractivity contribution in [2.24, 2.45) is 0 Å². The van der Waals surface area contributed by atoms with Crippen molar-refractivity contribution >= 4 is 5.91 Å². The lowest BCUT2D eigenvalue weighted by atomic mass is 9.88. The number of nitrogens with one attached hydrogen (secondary N) is 1. The molecular formula is C25H27NO. The Kier molecular flexibility index (Phi) is 6.08. The third kappa shape index (κ3) is 4.85. The molecule has 3 aromatic rings. The van der Waals surface area contributed by atoms with Gasteiger partial charge in [0, 0.05) is 12.3 Å². The van der Waals surface area contributed by atoms with Crippen molar-refractivity contribution in [1.29, 1.82) is 0 Å². The van der Waals surface area contributed by atoms with Crippen LogP contribution < -0.4 is 5.32 Å². The SMILES string of the molecule is Cc1ccc([C@@H](C)NC(=O)CC(c2ccccc2)c2ccccc2)cc1C. The Morgan fingerprint density at radius 2 is 1.33 bits per heavy atom. The Morgan fingerprint density at radius 1 is 0.778 bits per heavy atom. The summed E-state index contributed by atoms with van der Waals surface area (Å²) in [5, 5.41) is 3.17. The van der Waals surface area contributed by atoms with Crippen LogP contribution in [-0.2, 0) is 4.79 Å². The highest BCUT2D eigenvalue weighted by Crippen LogP contribution is 2.28. The number of hydrogen-bond donors (Lipinski definition) is 1. The smallest absolute Gasteiger partial charge is 0.221 e. The van der Waals surface area contributed by atoms with Crippen molar-refractivity contribution in [3.05, 3.63) is 107 Å². The molecule has 0 heterocycles. The van der Waals surface area contributed by atoms with Gasteiger partial charge in [0.25, 0.3) is 0 Å². The Balaban J connectivity index is 1.75. The number of hydrogen-bond acceptors (Lipinski definition) is 1. The van der Waals surface area contributed by atoms with E-state index in [0.717, 1.165) is 16.7 Å². The number of aryl methyl sites for hydroxylation is 2. The summed E-state index contributed by atoms with van der Waals surface area (Å²) in [6.07, 6.45) is 0.434. The van der Waals surface area contributed by atoms with Gasteiger partial charge in [-0.2, -0.15) is 0 Å². The van der Waals surface area contributed by atoms with E-state index >= 15 is 0 Å². The van der Waals surface area contributed by atoms with Crippen LogP contribution in [-0.4, -0.2) is 5.91 Å². The van der Waals surface area contributed by atoms with Gasteiger partial charge >= 0.3 is 0 Å². The molecule has 0 aliphatic rings. The lowest BCUT2D eigenvalue weighted by Crippen LogP contribution is -2.28. The Bertz CT molecular complexity index is 847. The molecule has 0 fully saturated rings. The first kappa shape index (κ1) is 18.9. The summed E-state index contributed by atoms with van der Waals surface area (Å²) in [6, 6.07) is 26.9. The van der Waals surface area contributed by atoms with Crippen molar-refractivity contribution in [2.75, 3.05) is 0 Å². The molecular weight excluding hydrogens is 330 g/mol. The van der Waals surface area contributed by atoms with Gasteiger partial charge in [0.15, 0.2) is 0 Å². The average Bonchev–Trinajstić information content (AvgIpc) is 2.69. The number of rotatable bonds is 6. The second-order valence-corrected chi connectivity index (χ2v) is 7.21. The maximum absolute atomic E-state index is 12.8. The van der Waals surface area contributed by atoms with Crippen molar-refractivity contribution in [3.63, 3.8) is 0 Å². The zero-order valence-electron chi connectivity index (χ0n) is 16.3. The standard InChI is InChI=1S/C25H27NO/c1-18-14-15-23(16-19(18)2)20(3)26-25(27)17-24(21-10-6-4-7-11-21)22-12-8-5-9-13-22/h4-16,20,24H,17H2,1-3H3,(H,26,27)/t20-/m1/s1. The normalized spacial score (nSPS) is 12.0. The van der Waals surface area contributed by atoms with Crippen molar-refractivity contribution in [2.45, 2.75) is 39.2 Å². The Labute approximate surface area is 162 Å². The van der Waals surface area contributed by atoms with Crippen molar-refractivity contribution in [3.8, 4) is 0 Å². The van der Waals surface area contributed by atoms with Gasteiger partial charge in [-0.1, -0.05) is 78.9 Å². The van der Waals surface area contributed by atoms with E-state index in [1.165, 1.54) is 11.1 Å². The molecule has 27 heavy (non-hydrogen) atoms. The van der Waals surface area contributed by atoms with E-state index in [1.807, 2.05) is 43.3 Å². The number of carbonyl (C=O) groups is 1. The average molecular weight is 357 g/mol. The summed E-state index contributed by atoms with van der Waals surface area (Å²) >= 11 is 0. The molecule has 2 nitrogen and oxygen atoms in total. The molecule has 3 rings (SSSR count). The summed E-state index contributed by atoms with van der Waals surface area (Å²) in [7, 11) is 0. The van der Waals surface area contributed by atoms with Gasteiger partial charge in [-0.15, -0.1) is 0 Å². The molecule has 1 N–H and O–H groups in total. The van der Waals surface area contributed by atoms with Crippen LogP contribution in [0, 0.1) is 13.8 Å². The minimum Gasteiger partial charge on any atom is -0.350 e. The summed E-state index contributed by atoms with van der Waals surface area (Å²) in [4.78, 5) is 12.8. The first-order valence-corrected chi connectivity index (χ1v) is 9.51. The van der Waals surface area contributed by atoms with E-state index in [2.05, 4.69) is 61.6 Å². The number of benzene rings is 3. The van der Waals surface area contributed by atoms with E-state index < -0.39 is 0 Å². The lowest BCUT2D eigenvalue weighted by molar-refractivity contribution is -0.121. The van der Waals surface area contributed by atoms with Crippen LogP contribution in [0.3, 0.4) is 0 Å². The van der Waals surface area contributed by atoms with E-state index in [0.29, 0.717) is 6.42 Å². The maximum atomic E-state index is 12.8. The van der Waals surface area contributed by atoms with Crippen LogP contribution in [0.2, 0.25) is 0 Å². The molecule has 0 saturated carbocycles. The largest absolute Gasteiger partial charge is 0.350 e. The predicted octanol–water partition coefficient (Wildman–Crippen LogP) is 5.70. The maximum Gasteiger partial charge on any atom is 0.221 e. The Morgan fingerprint density at radius 3 is 1.85 bits per heavy atom. The molecule has 0 saturated heterocycles. The second kappa shape index (κ2) is 8.68. The van der Waals surface area contributed by atoms with Gasteiger partial charge in [-0.3, -0.25) is 4.79 Å². The lowest BCUT2D eigenvalue weighted by Gasteiger charge is -2.20. The van der Waals surface area contributed by atoms with Gasteiger partial charge in [-0.25, -0.2) is 0 Å². The topological polar surface area (TPSA) is 29.1 Å². The van der Waals surface area contributed by atoms with Crippen LogP contribution in [0.25, 0.3) is 0 Å². The third-order valence-electron chi connectivity index (χ3n) is 5.20. The molecule has 0 aliphatic carbocycles. The van der Waals surface area contributed by atoms with Crippen LogP contribution in [0.4, 0.5) is 0 Å². The van der Waals surface area contributed by atoms with E-state index in [9.17, 15) is 4.79 Å². The zero-order valence-corrected chi connectivity index (χ0v) is 16.3. The minimum atomic E-state index is -0.0102. The van der Waals surface area contributed by atoms with Crippen molar-refractivity contribution < 1.29 is 4.79 Å². The van der Waals surface area contributed by atoms with Crippen LogP contribution in [0.15, 0.2) is 78.9 Å². The monoisotopic (exact) mass is 357 g/mol. The predicted molar refractivity (Wildman–Crippen MR) is 112 cm³/mol. The molecule has 3 aromatic carbocycles. The molecule has 0 bridgehead atoms. The highest BCUT2D eigenvalue weighted by molar-refractivity contribution is 5.78. The quantitative estimate of drug-likeness (QED) is 0.602. The molecule has 1 atom stereocenters. The summed E-state index contributed by atoms with van der Waals surface area (Å²) in [5.41, 5.74) is 5.99. The molecule has 0 unspecified atom stereocenters. The minimum absolute atomic E-state index is 0.0102. The summed E-state index contributed by atoms with van der Waals surface area (Å²) < 4.78 is 0. The molecule has 0 aromatic heterocycles. The zero-order chi connectivity index (χ0) is 19.2. The summed E-state index contributed by atoms with van der Waals surface area (Å²) in [6.45, 7) is 6.25. The second-order valence-electron chi connectivity index (χ2n) is 7.21. The van der Waals surface area contributed by atoms with Crippen LogP contribution >= 0.6 is 0 Å². The highest BCUT2D eigenvalue weighted by Gasteiger charge is 2.19. The van der Waals surface area contributed by atoms with Gasteiger partial charge < -0.3 is 5.32 Å². The first-order chi connectivity index (χ1) is 13.0. The molecule has 2 heteroatoms. The van der Waals surface area contributed by atoms with Crippen molar-refractivity contribution in [1.82, 2.24) is 5.32 Å². The molecule has 138 valence electrons. The molecule has 0 aliphatic heterocycles. The van der Waals surface area contributed by atoms with Gasteiger partial charge in [0.2, 0.25) is 5.91 Å². The molecule has 0 spiro atoms. The van der Waals surface area contributed by atoms with Gasteiger partial charge in [0.05, 0.1) is 6.04 Å². The fourth-order valence-corrected chi connectivity index (χ4v) is 3.40. The fraction of sp³-hybridized carbons (Fsp3) is 0.240. The fourth-order valence-electron chi connectivity index (χ4n) is 3.40.